The first-order valence-electron chi connectivity index (χ1n) is 6.85. The standard InChI is InChI=1S/C15H23NO/c1-2-17-15-10-8-14(9-11-15)16-12-13-6-4-3-5-7-13/h8-11,13,16H,2-7,12H2,1H3. The van der Waals surface area contributed by atoms with Crippen LogP contribution in [0.4, 0.5) is 5.69 Å². The molecule has 94 valence electrons. The van der Waals surface area contributed by atoms with E-state index in [9.17, 15) is 0 Å². The van der Waals surface area contributed by atoms with Crippen molar-refractivity contribution in [2.75, 3.05) is 18.5 Å². The van der Waals surface area contributed by atoms with Crippen LogP contribution in [0.1, 0.15) is 39.0 Å². The van der Waals surface area contributed by atoms with Crippen molar-refractivity contribution in [3.8, 4) is 5.75 Å². The van der Waals surface area contributed by atoms with Crippen LogP contribution in [0.3, 0.4) is 0 Å². The Labute approximate surface area is 104 Å². The van der Waals surface area contributed by atoms with Crippen molar-refractivity contribution in [3.63, 3.8) is 0 Å². The van der Waals surface area contributed by atoms with E-state index >= 15 is 0 Å². The van der Waals surface area contributed by atoms with Gasteiger partial charge in [0.2, 0.25) is 0 Å². The maximum atomic E-state index is 5.43. The first-order chi connectivity index (χ1) is 8.38. The van der Waals surface area contributed by atoms with E-state index in [0.717, 1.165) is 24.8 Å². The molecular weight excluding hydrogens is 210 g/mol. The van der Waals surface area contributed by atoms with E-state index in [1.807, 2.05) is 19.1 Å². The number of nitrogens with one attached hydrogen (secondary N) is 1. The molecule has 0 aliphatic heterocycles. The third kappa shape index (κ3) is 3.95. The predicted octanol–water partition coefficient (Wildman–Crippen LogP) is 4.08. The Kier molecular flexibility index (Phi) is 4.72. The second-order valence-electron chi connectivity index (χ2n) is 4.84. The zero-order valence-corrected chi connectivity index (χ0v) is 10.7. The van der Waals surface area contributed by atoms with Gasteiger partial charge in [-0.3, -0.25) is 0 Å². The van der Waals surface area contributed by atoms with Gasteiger partial charge in [-0.1, -0.05) is 19.3 Å². The van der Waals surface area contributed by atoms with Gasteiger partial charge in [0.05, 0.1) is 6.61 Å². The van der Waals surface area contributed by atoms with Crippen LogP contribution in [0.5, 0.6) is 5.75 Å². The average molecular weight is 233 g/mol. The van der Waals surface area contributed by atoms with Crippen LogP contribution >= 0.6 is 0 Å². The van der Waals surface area contributed by atoms with E-state index in [0.29, 0.717) is 0 Å². The Hall–Kier alpha value is -1.18. The lowest BCUT2D eigenvalue weighted by atomic mass is 9.89. The van der Waals surface area contributed by atoms with E-state index in [-0.39, 0.29) is 0 Å². The summed E-state index contributed by atoms with van der Waals surface area (Å²) in [7, 11) is 0. The highest BCUT2D eigenvalue weighted by Gasteiger charge is 2.12. The van der Waals surface area contributed by atoms with Gasteiger partial charge in [0.15, 0.2) is 0 Å². The fraction of sp³-hybridized carbons (Fsp3) is 0.600. The fourth-order valence-corrected chi connectivity index (χ4v) is 2.49. The van der Waals surface area contributed by atoms with Gasteiger partial charge in [-0.25, -0.2) is 0 Å². The van der Waals surface area contributed by atoms with Crippen molar-refractivity contribution in [3.05, 3.63) is 24.3 Å². The van der Waals surface area contributed by atoms with E-state index in [2.05, 4.69) is 17.4 Å². The monoisotopic (exact) mass is 233 g/mol. The molecule has 2 nitrogen and oxygen atoms in total. The molecule has 0 aromatic heterocycles. The van der Waals surface area contributed by atoms with Crippen LogP contribution in [0.15, 0.2) is 24.3 Å². The number of ether oxygens (including phenoxy) is 1. The third-order valence-electron chi connectivity index (χ3n) is 3.48. The molecule has 0 bridgehead atoms. The van der Waals surface area contributed by atoms with Gasteiger partial charge in [0.25, 0.3) is 0 Å². The number of hydrogen-bond donors (Lipinski definition) is 1. The predicted molar refractivity (Wildman–Crippen MR) is 72.7 cm³/mol. The zero-order chi connectivity index (χ0) is 11.9. The van der Waals surface area contributed by atoms with Gasteiger partial charge < -0.3 is 10.1 Å². The van der Waals surface area contributed by atoms with Gasteiger partial charge in [0, 0.05) is 12.2 Å². The van der Waals surface area contributed by atoms with Crippen LogP contribution in [0.2, 0.25) is 0 Å². The maximum absolute atomic E-state index is 5.43. The minimum Gasteiger partial charge on any atom is -0.494 e. The minimum atomic E-state index is 0.731. The Balaban J connectivity index is 1.77. The van der Waals surface area contributed by atoms with E-state index in [1.54, 1.807) is 0 Å². The molecule has 0 saturated heterocycles. The lowest BCUT2D eigenvalue weighted by Crippen LogP contribution is -2.16. The molecule has 17 heavy (non-hydrogen) atoms. The molecule has 0 heterocycles. The smallest absolute Gasteiger partial charge is 0.119 e. The normalized spacial score (nSPS) is 16.8. The van der Waals surface area contributed by atoms with Crippen LogP contribution in [-0.4, -0.2) is 13.2 Å². The second-order valence-corrected chi connectivity index (χ2v) is 4.84. The molecule has 1 N–H and O–H groups in total. The zero-order valence-electron chi connectivity index (χ0n) is 10.7. The molecule has 1 saturated carbocycles. The quantitative estimate of drug-likeness (QED) is 0.827. The Morgan fingerprint density at radius 1 is 1.12 bits per heavy atom. The summed E-state index contributed by atoms with van der Waals surface area (Å²) in [6, 6.07) is 8.28. The van der Waals surface area contributed by atoms with Crippen LogP contribution in [0, 0.1) is 5.92 Å². The summed E-state index contributed by atoms with van der Waals surface area (Å²) in [5.74, 6) is 1.83. The van der Waals surface area contributed by atoms with Crippen LogP contribution in [0.25, 0.3) is 0 Å². The summed E-state index contributed by atoms with van der Waals surface area (Å²) in [6.45, 7) is 3.86. The van der Waals surface area contributed by atoms with E-state index in [1.165, 1.54) is 37.8 Å². The van der Waals surface area contributed by atoms with Gasteiger partial charge in [-0.2, -0.15) is 0 Å². The first kappa shape index (κ1) is 12.3. The summed E-state index contributed by atoms with van der Waals surface area (Å²) >= 11 is 0. The molecule has 1 aliphatic rings. The summed E-state index contributed by atoms with van der Waals surface area (Å²) < 4.78 is 5.43. The van der Waals surface area contributed by atoms with Gasteiger partial charge in [-0.15, -0.1) is 0 Å². The lowest BCUT2D eigenvalue weighted by Gasteiger charge is -2.22. The second kappa shape index (κ2) is 6.53. The van der Waals surface area contributed by atoms with E-state index in [4.69, 9.17) is 4.74 Å². The van der Waals surface area contributed by atoms with Crippen LogP contribution in [-0.2, 0) is 0 Å². The van der Waals surface area contributed by atoms with Crippen molar-refractivity contribution in [2.45, 2.75) is 39.0 Å². The Morgan fingerprint density at radius 2 is 1.82 bits per heavy atom. The fourth-order valence-electron chi connectivity index (χ4n) is 2.49. The molecule has 1 fully saturated rings. The molecule has 1 aromatic carbocycles. The molecule has 0 atom stereocenters. The topological polar surface area (TPSA) is 21.3 Å². The van der Waals surface area contributed by atoms with Gasteiger partial charge in [-0.05, 0) is 49.9 Å². The van der Waals surface area contributed by atoms with Gasteiger partial charge in [0.1, 0.15) is 5.75 Å². The number of anilines is 1. The molecule has 0 amide bonds. The van der Waals surface area contributed by atoms with Crippen molar-refractivity contribution < 1.29 is 4.74 Å². The summed E-state index contributed by atoms with van der Waals surface area (Å²) in [5, 5.41) is 3.53. The summed E-state index contributed by atoms with van der Waals surface area (Å²) in [5.41, 5.74) is 1.21. The molecular formula is C15H23NO. The molecule has 0 radical (unpaired) electrons. The minimum absolute atomic E-state index is 0.731. The Morgan fingerprint density at radius 3 is 2.47 bits per heavy atom. The van der Waals surface area contributed by atoms with E-state index < -0.39 is 0 Å². The molecule has 2 rings (SSSR count). The maximum Gasteiger partial charge on any atom is 0.119 e. The summed E-state index contributed by atoms with van der Waals surface area (Å²) in [6.07, 6.45) is 7.04. The molecule has 1 aliphatic carbocycles. The molecule has 0 unspecified atom stereocenters. The number of benzene rings is 1. The summed E-state index contributed by atoms with van der Waals surface area (Å²) in [4.78, 5) is 0. The van der Waals surface area contributed by atoms with Crippen molar-refractivity contribution >= 4 is 5.69 Å². The van der Waals surface area contributed by atoms with Crippen LogP contribution < -0.4 is 10.1 Å². The highest BCUT2D eigenvalue weighted by atomic mass is 16.5. The molecule has 2 heteroatoms. The highest BCUT2D eigenvalue weighted by molar-refractivity contribution is 5.46. The van der Waals surface area contributed by atoms with Crippen molar-refractivity contribution in [2.24, 2.45) is 5.92 Å². The lowest BCUT2D eigenvalue weighted by molar-refractivity contribution is 0.340. The van der Waals surface area contributed by atoms with Crippen molar-refractivity contribution in [1.82, 2.24) is 0 Å². The SMILES string of the molecule is CCOc1ccc(NCC2CCCCC2)cc1. The first-order valence-corrected chi connectivity index (χ1v) is 6.85. The largest absolute Gasteiger partial charge is 0.494 e. The Bertz CT molecular complexity index is 314. The highest BCUT2D eigenvalue weighted by Crippen LogP contribution is 2.24. The van der Waals surface area contributed by atoms with Gasteiger partial charge >= 0.3 is 0 Å². The number of hydrogen-bond acceptors (Lipinski definition) is 2. The molecule has 0 spiro atoms. The molecule has 1 aromatic rings. The number of rotatable bonds is 5. The average Bonchev–Trinajstić information content (AvgIpc) is 2.40. The third-order valence-corrected chi connectivity index (χ3v) is 3.48. The van der Waals surface area contributed by atoms with Crippen molar-refractivity contribution in [1.29, 1.82) is 0 Å².